The molecule has 1 N–H and O–H groups in total. The topological polar surface area (TPSA) is 125 Å². The first kappa shape index (κ1) is 31.1. The molecule has 0 aromatic heterocycles. The Kier molecular flexibility index (Phi) is 15.2. The van der Waals surface area contributed by atoms with Crippen LogP contribution >= 0.6 is 0 Å². The van der Waals surface area contributed by atoms with Crippen LogP contribution in [-0.4, -0.2) is 60.0 Å². The van der Waals surface area contributed by atoms with E-state index in [9.17, 15) is 24.3 Å². The summed E-state index contributed by atoms with van der Waals surface area (Å²) < 4.78 is 20.7. The minimum Gasteiger partial charge on any atom is -0.459 e. The molecule has 0 rings (SSSR count). The quantitative estimate of drug-likeness (QED) is 0.189. The van der Waals surface area contributed by atoms with Crippen LogP contribution in [0.4, 0.5) is 0 Å². The highest BCUT2D eigenvalue weighted by molar-refractivity contribution is 5.85. The lowest BCUT2D eigenvalue weighted by Crippen LogP contribution is -2.40. The fourth-order valence-corrected chi connectivity index (χ4v) is 2.72. The molecule has 0 aromatic carbocycles. The Labute approximate surface area is 201 Å². The van der Waals surface area contributed by atoms with E-state index in [1.807, 2.05) is 13.8 Å². The molecule has 9 heteroatoms. The lowest BCUT2D eigenvalue weighted by Gasteiger charge is -2.24. The van der Waals surface area contributed by atoms with Crippen molar-refractivity contribution in [3.8, 4) is 0 Å². The number of hydrogen-bond donors (Lipinski definition) is 1. The Morgan fingerprint density at radius 2 is 1.12 bits per heavy atom. The predicted molar refractivity (Wildman–Crippen MR) is 125 cm³/mol. The van der Waals surface area contributed by atoms with E-state index in [1.165, 1.54) is 18.2 Å². The Morgan fingerprint density at radius 3 is 1.59 bits per heavy atom. The minimum absolute atomic E-state index is 0.00585. The number of ether oxygens (including phenoxy) is 4. The van der Waals surface area contributed by atoms with Crippen molar-refractivity contribution in [1.82, 2.24) is 0 Å². The van der Waals surface area contributed by atoms with Crippen molar-refractivity contribution in [1.29, 1.82) is 0 Å². The Balaban J connectivity index is 5.50. The number of esters is 4. The van der Waals surface area contributed by atoms with Gasteiger partial charge in [0.05, 0.1) is 0 Å². The summed E-state index contributed by atoms with van der Waals surface area (Å²) >= 11 is 0. The SMILES string of the molecule is C=CCOC(=O)[C@H](CC(C)C)OC(=O)[C@H](CC=C)OC(=O)[C@H](CC(C)C)OC(=O)[C@@H](O)CC=C. The molecular formula is C25H38O9. The van der Waals surface area contributed by atoms with Crippen molar-refractivity contribution in [2.45, 2.75) is 77.8 Å². The maximum absolute atomic E-state index is 12.8. The van der Waals surface area contributed by atoms with Crippen molar-refractivity contribution in [3.63, 3.8) is 0 Å². The van der Waals surface area contributed by atoms with Crippen LogP contribution < -0.4 is 0 Å². The van der Waals surface area contributed by atoms with Crippen molar-refractivity contribution in [2.75, 3.05) is 6.61 Å². The van der Waals surface area contributed by atoms with Crippen LogP contribution in [0, 0.1) is 11.8 Å². The van der Waals surface area contributed by atoms with Crippen LogP contribution in [-0.2, 0) is 38.1 Å². The van der Waals surface area contributed by atoms with Gasteiger partial charge in [0.1, 0.15) is 6.61 Å². The van der Waals surface area contributed by atoms with Crippen molar-refractivity contribution >= 4 is 23.9 Å². The molecule has 4 atom stereocenters. The third-order valence-corrected chi connectivity index (χ3v) is 4.32. The normalized spacial score (nSPS) is 14.3. The largest absolute Gasteiger partial charge is 0.459 e. The van der Waals surface area contributed by atoms with Gasteiger partial charge in [-0.25, -0.2) is 19.2 Å². The van der Waals surface area contributed by atoms with Gasteiger partial charge in [0.2, 0.25) is 6.10 Å². The standard InChI is InChI=1S/C25H38O9/c1-8-11-18(26)22(27)33-21(15-17(6)7)25(30)32-19(12-9-2)24(29)34-20(14-16(4)5)23(28)31-13-10-3/h8-10,16-21,26H,1-3,11-15H2,4-7H3/t18-,19-,20-,21-/m0/s1. The molecule has 0 aliphatic rings. The summed E-state index contributed by atoms with van der Waals surface area (Å²) in [5.41, 5.74) is 0. The zero-order valence-electron chi connectivity index (χ0n) is 20.6. The Bertz CT molecular complexity index is 711. The smallest absolute Gasteiger partial charge is 0.348 e. The number of aliphatic hydroxyl groups is 1. The number of carbonyl (C=O) groups is 4. The van der Waals surface area contributed by atoms with Crippen molar-refractivity contribution in [2.24, 2.45) is 11.8 Å². The Hall–Kier alpha value is -2.94. The lowest BCUT2D eigenvalue weighted by molar-refractivity contribution is -0.186. The van der Waals surface area contributed by atoms with Crippen LogP contribution in [0.2, 0.25) is 0 Å². The second-order valence-electron chi connectivity index (χ2n) is 8.52. The van der Waals surface area contributed by atoms with Gasteiger partial charge in [0, 0.05) is 12.8 Å². The van der Waals surface area contributed by atoms with Gasteiger partial charge in [-0.3, -0.25) is 0 Å². The monoisotopic (exact) mass is 482 g/mol. The fraction of sp³-hybridized carbons (Fsp3) is 0.600. The average Bonchev–Trinajstić information content (AvgIpc) is 2.75. The first-order chi connectivity index (χ1) is 16.0. The van der Waals surface area contributed by atoms with E-state index in [2.05, 4.69) is 19.7 Å². The molecule has 0 aliphatic carbocycles. The molecule has 0 radical (unpaired) electrons. The highest BCUT2D eigenvalue weighted by Gasteiger charge is 2.35. The lowest BCUT2D eigenvalue weighted by atomic mass is 10.1. The van der Waals surface area contributed by atoms with E-state index < -0.39 is 48.3 Å². The molecule has 0 amide bonds. The number of hydrogen-bond acceptors (Lipinski definition) is 9. The van der Waals surface area contributed by atoms with Crippen LogP contribution in [0.3, 0.4) is 0 Å². The fourth-order valence-electron chi connectivity index (χ4n) is 2.72. The van der Waals surface area contributed by atoms with Gasteiger partial charge in [-0.1, -0.05) is 52.5 Å². The van der Waals surface area contributed by atoms with Gasteiger partial charge in [0.15, 0.2) is 18.3 Å². The van der Waals surface area contributed by atoms with E-state index in [0.717, 1.165) is 0 Å². The zero-order valence-corrected chi connectivity index (χ0v) is 20.6. The molecule has 0 bridgehead atoms. The van der Waals surface area contributed by atoms with Gasteiger partial charge in [-0.2, -0.15) is 0 Å². The third kappa shape index (κ3) is 12.3. The van der Waals surface area contributed by atoms with Crippen LogP contribution in [0.15, 0.2) is 38.0 Å². The second-order valence-corrected chi connectivity index (χ2v) is 8.52. The van der Waals surface area contributed by atoms with Gasteiger partial charge in [-0.15, -0.1) is 13.2 Å². The first-order valence-electron chi connectivity index (χ1n) is 11.3. The van der Waals surface area contributed by atoms with E-state index in [0.29, 0.717) is 0 Å². The highest BCUT2D eigenvalue weighted by Crippen LogP contribution is 2.17. The number of carbonyl (C=O) groups excluding carboxylic acids is 4. The molecule has 0 unspecified atom stereocenters. The summed E-state index contributed by atoms with van der Waals surface area (Å²) in [7, 11) is 0. The summed E-state index contributed by atoms with van der Waals surface area (Å²) in [6.07, 6.45) is -1.21. The summed E-state index contributed by atoms with van der Waals surface area (Å²) in [6.45, 7) is 17.7. The minimum atomic E-state index is -1.48. The molecule has 0 fully saturated rings. The average molecular weight is 483 g/mol. The first-order valence-corrected chi connectivity index (χ1v) is 11.3. The van der Waals surface area contributed by atoms with Crippen molar-refractivity contribution in [3.05, 3.63) is 38.0 Å². The summed E-state index contributed by atoms with van der Waals surface area (Å²) in [5, 5.41) is 9.79. The maximum Gasteiger partial charge on any atom is 0.348 e. The molecule has 0 saturated heterocycles. The molecule has 192 valence electrons. The number of aliphatic hydroxyl groups excluding tert-OH is 1. The molecule has 0 heterocycles. The van der Waals surface area contributed by atoms with E-state index in [4.69, 9.17) is 18.9 Å². The van der Waals surface area contributed by atoms with Gasteiger partial charge >= 0.3 is 23.9 Å². The number of rotatable bonds is 17. The van der Waals surface area contributed by atoms with Crippen LogP contribution in [0.1, 0.15) is 53.4 Å². The highest BCUT2D eigenvalue weighted by atomic mass is 16.6. The summed E-state index contributed by atoms with van der Waals surface area (Å²) in [4.78, 5) is 49.9. The molecule has 0 spiro atoms. The molecular weight excluding hydrogens is 444 g/mol. The second kappa shape index (κ2) is 16.6. The maximum atomic E-state index is 12.8. The van der Waals surface area contributed by atoms with E-state index in [1.54, 1.807) is 13.8 Å². The van der Waals surface area contributed by atoms with Crippen LogP contribution in [0.25, 0.3) is 0 Å². The third-order valence-electron chi connectivity index (χ3n) is 4.32. The molecule has 0 aliphatic heterocycles. The molecule has 34 heavy (non-hydrogen) atoms. The summed E-state index contributed by atoms with van der Waals surface area (Å²) in [6, 6.07) is 0. The molecule has 0 aromatic rings. The molecule has 9 nitrogen and oxygen atoms in total. The van der Waals surface area contributed by atoms with Gasteiger partial charge in [-0.05, 0) is 24.7 Å². The van der Waals surface area contributed by atoms with Crippen LogP contribution in [0.5, 0.6) is 0 Å². The molecule has 0 saturated carbocycles. The van der Waals surface area contributed by atoms with Gasteiger partial charge in [0.25, 0.3) is 0 Å². The zero-order chi connectivity index (χ0) is 26.3. The van der Waals surface area contributed by atoms with Gasteiger partial charge < -0.3 is 24.1 Å². The van der Waals surface area contributed by atoms with Crippen molar-refractivity contribution < 1.29 is 43.2 Å². The van der Waals surface area contributed by atoms with E-state index >= 15 is 0 Å². The van der Waals surface area contributed by atoms with E-state index in [-0.39, 0.29) is 44.1 Å². The Morgan fingerprint density at radius 1 is 0.676 bits per heavy atom. The predicted octanol–water partition coefficient (Wildman–Crippen LogP) is 3.06. The summed E-state index contributed by atoms with van der Waals surface area (Å²) in [5.74, 6) is -3.75.